The lowest BCUT2D eigenvalue weighted by molar-refractivity contribution is -0.119. The predicted octanol–water partition coefficient (Wildman–Crippen LogP) is 4.03. The maximum Gasteiger partial charge on any atom is 0.293 e. The van der Waals surface area contributed by atoms with Gasteiger partial charge in [-0.1, -0.05) is 60.1 Å². The highest BCUT2D eigenvalue weighted by Crippen LogP contribution is 2.27. The van der Waals surface area contributed by atoms with Crippen LogP contribution in [-0.2, 0) is 11.3 Å². The summed E-state index contributed by atoms with van der Waals surface area (Å²) in [5.41, 5.74) is 2.19. The Morgan fingerprint density at radius 1 is 1.03 bits per heavy atom. The lowest BCUT2D eigenvalue weighted by Crippen LogP contribution is -2.35. The summed E-state index contributed by atoms with van der Waals surface area (Å²) in [5.74, 6) is -0.292. The monoisotopic (exact) mass is 443 g/mol. The van der Waals surface area contributed by atoms with Gasteiger partial charge in [-0.3, -0.25) is 9.59 Å². The first kappa shape index (κ1) is 20.0. The second-order valence-corrected chi connectivity index (χ2v) is 7.85. The molecule has 8 heteroatoms. The van der Waals surface area contributed by atoms with Crippen molar-refractivity contribution in [1.29, 1.82) is 0 Å². The van der Waals surface area contributed by atoms with Crippen LogP contribution < -0.4 is 10.5 Å². The molecule has 0 saturated heterocycles. The number of aromatic nitrogens is 4. The topological polar surface area (TPSA) is 72.5 Å². The van der Waals surface area contributed by atoms with Crippen LogP contribution >= 0.6 is 11.6 Å². The Kier molecular flexibility index (Phi) is 4.95. The van der Waals surface area contributed by atoms with E-state index in [0.717, 1.165) is 21.0 Å². The van der Waals surface area contributed by atoms with E-state index in [1.54, 1.807) is 37.4 Å². The Bertz CT molecular complexity index is 1530. The number of hydrogen-bond donors (Lipinski definition) is 0. The number of carbonyl (C=O) groups excluding carboxylic acids is 1. The van der Waals surface area contributed by atoms with Gasteiger partial charge < -0.3 is 4.90 Å². The van der Waals surface area contributed by atoms with Crippen LogP contribution in [0.2, 0.25) is 5.02 Å². The molecule has 0 saturated carbocycles. The molecule has 0 aliphatic carbocycles. The molecule has 0 spiro atoms. The van der Waals surface area contributed by atoms with E-state index >= 15 is 0 Å². The fraction of sp³-hybridized carbons (Fsp3) is 0.0833. The number of benzene rings is 3. The molecule has 7 nitrogen and oxygen atoms in total. The molecule has 0 N–H and O–H groups in total. The van der Waals surface area contributed by atoms with Crippen LogP contribution in [0, 0.1) is 0 Å². The summed E-state index contributed by atoms with van der Waals surface area (Å²) in [6.07, 6.45) is 1.44. The summed E-state index contributed by atoms with van der Waals surface area (Å²) in [7, 11) is 1.63. The van der Waals surface area contributed by atoms with Gasteiger partial charge in [-0.2, -0.15) is 10.2 Å². The maximum absolute atomic E-state index is 13.0. The van der Waals surface area contributed by atoms with Crippen molar-refractivity contribution in [2.45, 2.75) is 6.54 Å². The smallest absolute Gasteiger partial charge is 0.293 e. The molecule has 32 heavy (non-hydrogen) atoms. The van der Waals surface area contributed by atoms with Gasteiger partial charge in [0.05, 0.1) is 5.69 Å². The van der Waals surface area contributed by atoms with Crippen molar-refractivity contribution in [2.24, 2.45) is 0 Å². The van der Waals surface area contributed by atoms with Crippen LogP contribution in [0.5, 0.6) is 0 Å². The minimum atomic E-state index is -0.390. The number of likely N-dealkylation sites (N-methyl/N-ethyl adjacent to an activating group) is 1. The third-order valence-electron chi connectivity index (χ3n) is 5.41. The number of rotatable bonds is 4. The van der Waals surface area contributed by atoms with E-state index in [0.29, 0.717) is 21.9 Å². The zero-order chi connectivity index (χ0) is 22.2. The van der Waals surface area contributed by atoms with Crippen molar-refractivity contribution in [3.8, 4) is 11.3 Å². The van der Waals surface area contributed by atoms with Crippen LogP contribution in [0.3, 0.4) is 0 Å². The molecule has 5 aromatic rings. The van der Waals surface area contributed by atoms with Gasteiger partial charge in [-0.05, 0) is 35.0 Å². The molecule has 0 fully saturated rings. The van der Waals surface area contributed by atoms with Gasteiger partial charge in [0.1, 0.15) is 18.4 Å². The molecule has 0 bridgehead atoms. The van der Waals surface area contributed by atoms with Crippen LogP contribution in [-0.4, -0.2) is 32.3 Å². The summed E-state index contributed by atoms with van der Waals surface area (Å²) in [6.45, 7) is -0.201. The Labute approximate surface area is 188 Å². The number of hydrogen-bond acceptors (Lipinski definition) is 4. The lowest BCUT2D eigenvalue weighted by atomic mass is 10.0. The molecule has 3 aromatic carbocycles. The lowest BCUT2D eigenvalue weighted by Gasteiger charge is -2.17. The first-order valence-electron chi connectivity index (χ1n) is 9.97. The van der Waals surface area contributed by atoms with Crippen LogP contribution in [0.15, 0.2) is 83.9 Å². The van der Waals surface area contributed by atoms with Gasteiger partial charge in [-0.15, -0.1) is 0 Å². The Morgan fingerprint density at radius 2 is 1.81 bits per heavy atom. The Morgan fingerprint density at radius 3 is 2.66 bits per heavy atom. The van der Waals surface area contributed by atoms with Gasteiger partial charge in [-0.25, -0.2) is 9.20 Å². The number of nitrogens with zero attached hydrogens (tertiary/aromatic N) is 5. The highest BCUT2D eigenvalue weighted by molar-refractivity contribution is 6.30. The van der Waals surface area contributed by atoms with Crippen molar-refractivity contribution in [1.82, 2.24) is 19.4 Å². The molecule has 2 aromatic heterocycles. The fourth-order valence-corrected chi connectivity index (χ4v) is 3.88. The van der Waals surface area contributed by atoms with Crippen LogP contribution in [0.4, 0.5) is 5.69 Å². The van der Waals surface area contributed by atoms with E-state index in [2.05, 4.69) is 10.2 Å². The molecule has 1 amide bonds. The van der Waals surface area contributed by atoms with E-state index < -0.39 is 0 Å². The third-order valence-corrected chi connectivity index (χ3v) is 5.64. The van der Waals surface area contributed by atoms with Gasteiger partial charge in [0.2, 0.25) is 5.91 Å². The molecule has 2 heterocycles. The van der Waals surface area contributed by atoms with Crippen LogP contribution in [0.1, 0.15) is 0 Å². The molecular weight excluding hydrogens is 426 g/mol. The van der Waals surface area contributed by atoms with E-state index in [1.165, 1.54) is 15.7 Å². The van der Waals surface area contributed by atoms with E-state index in [-0.39, 0.29) is 18.0 Å². The Balaban J connectivity index is 1.49. The average molecular weight is 444 g/mol. The summed E-state index contributed by atoms with van der Waals surface area (Å²) >= 11 is 6.02. The minimum absolute atomic E-state index is 0.201. The van der Waals surface area contributed by atoms with Crippen molar-refractivity contribution >= 4 is 39.5 Å². The normalized spacial score (nSPS) is 11.2. The molecule has 5 rings (SSSR count). The SMILES string of the molecule is CN(C(=O)Cn1ncn2nc(-c3cccc4ccccc34)cc2c1=O)c1cccc(Cl)c1. The molecule has 0 atom stereocenters. The van der Waals surface area contributed by atoms with E-state index in [1.807, 2.05) is 42.5 Å². The summed E-state index contributed by atoms with van der Waals surface area (Å²) in [5, 5.41) is 11.3. The van der Waals surface area contributed by atoms with Gasteiger partial charge in [0.15, 0.2) is 0 Å². The Hall–Kier alpha value is -3.97. The number of fused-ring (bicyclic) bond motifs is 2. The average Bonchev–Trinajstić information content (AvgIpc) is 3.25. The van der Waals surface area contributed by atoms with Crippen molar-refractivity contribution in [2.75, 3.05) is 11.9 Å². The first-order chi connectivity index (χ1) is 15.5. The molecule has 0 radical (unpaired) electrons. The number of anilines is 1. The highest BCUT2D eigenvalue weighted by Gasteiger charge is 2.16. The summed E-state index contributed by atoms with van der Waals surface area (Å²) < 4.78 is 2.59. The second-order valence-electron chi connectivity index (χ2n) is 7.41. The van der Waals surface area contributed by atoms with Crippen molar-refractivity contribution in [3.05, 3.63) is 94.5 Å². The molecule has 0 aliphatic heterocycles. The standard InChI is InChI=1S/C24H18ClN5O2/c1-28(18-9-5-8-17(25)12-18)23(31)14-29-24(32)22-13-21(27-30(22)15-26-29)20-11-4-7-16-6-2-3-10-19(16)20/h2-13,15H,14H2,1H3. The molecule has 158 valence electrons. The summed E-state index contributed by atoms with van der Waals surface area (Å²) in [4.78, 5) is 27.2. The minimum Gasteiger partial charge on any atom is -0.314 e. The largest absolute Gasteiger partial charge is 0.314 e. The van der Waals surface area contributed by atoms with E-state index in [9.17, 15) is 9.59 Å². The van der Waals surface area contributed by atoms with E-state index in [4.69, 9.17) is 11.6 Å². The zero-order valence-corrected chi connectivity index (χ0v) is 17.9. The number of carbonyl (C=O) groups is 1. The molecule has 0 unspecified atom stereocenters. The van der Waals surface area contributed by atoms with Gasteiger partial charge in [0.25, 0.3) is 5.56 Å². The van der Waals surface area contributed by atoms with Crippen LogP contribution in [0.25, 0.3) is 27.5 Å². The first-order valence-corrected chi connectivity index (χ1v) is 10.3. The maximum atomic E-state index is 13.0. The zero-order valence-electron chi connectivity index (χ0n) is 17.1. The van der Waals surface area contributed by atoms with Gasteiger partial charge in [0, 0.05) is 23.3 Å². The third kappa shape index (κ3) is 3.52. The molecule has 0 aliphatic rings. The predicted molar refractivity (Wildman–Crippen MR) is 125 cm³/mol. The highest BCUT2D eigenvalue weighted by atomic mass is 35.5. The van der Waals surface area contributed by atoms with Crippen molar-refractivity contribution in [3.63, 3.8) is 0 Å². The summed E-state index contributed by atoms with van der Waals surface area (Å²) in [6, 6.07) is 22.7. The van der Waals surface area contributed by atoms with Gasteiger partial charge >= 0.3 is 0 Å². The quantitative estimate of drug-likeness (QED) is 0.420. The fourth-order valence-electron chi connectivity index (χ4n) is 3.69. The molecular formula is C24H18ClN5O2. The number of amides is 1. The van der Waals surface area contributed by atoms with Crippen molar-refractivity contribution < 1.29 is 4.79 Å². The second kappa shape index (κ2) is 7.94. The number of halogens is 1.